The van der Waals surface area contributed by atoms with E-state index in [9.17, 15) is 0 Å². The third kappa shape index (κ3) is 5.40. The van der Waals surface area contributed by atoms with Gasteiger partial charge in [-0.05, 0) is 6.42 Å². The average Bonchev–Trinajstić information content (AvgIpc) is 2.38. The Morgan fingerprint density at radius 3 is 1.94 bits per heavy atom. The Bertz CT molecular complexity index is 472. The van der Waals surface area contributed by atoms with E-state index in [4.69, 9.17) is 5.21 Å². The van der Waals surface area contributed by atoms with Crippen LogP contribution < -0.4 is 0 Å². The van der Waals surface area contributed by atoms with Crippen LogP contribution in [-0.4, -0.2) is 10.9 Å². The van der Waals surface area contributed by atoms with E-state index in [1.165, 1.54) is 0 Å². The van der Waals surface area contributed by atoms with Gasteiger partial charge in [0.1, 0.15) is 0 Å². The van der Waals surface area contributed by atoms with Gasteiger partial charge in [-0.15, -0.1) is 5.56 Å². The molecule has 0 bridgehead atoms. The van der Waals surface area contributed by atoms with Gasteiger partial charge in [0.05, 0.1) is 5.71 Å². The molecule has 0 aliphatic heterocycles. The van der Waals surface area contributed by atoms with Gasteiger partial charge < -0.3 is 5.21 Å². The van der Waals surface area contributed by atoms with Gasteiger partial charge in [0, 0.05) is 65.4 Å². The predicted molar refractivity (Wildman–Crippen MR) is 62.6 cm³/mol. The van der Waals surface area contributed by atoms with Crippen LogP contribution >= 0.6 is 0 Å². The molecule has 2 aromatic carbocycles. The Hall–Kier alpha value is 0.118. The molecule has 0 saturated carbocycles. The molecule has 0 aromatic heterocycles. The summed E-state index contributed by atoms with van der Waals surface area (Å²) in [5.41, 5.74) is 2.66. The van der Waals surface area contributed by atoms with Crippen LogP contribution in [-0.2, 0) is 71.8 Å². The Morgan fingerprint density at radius 1 is 0.944 bits per heavy atom. The van der Waals surface area contributed by atoms with Crippen LogP contribution in [0.2, 0.25) is 0 Å². The van der Waals surface area contributed by atoms with Crippen LogP contribution in [0.1, 0.15) is 11.1 Å². The van der Waals surface area contributed by atoms with Gasteiger partial charge in [-0.3, -0.25) is 0 Å². The number of rotatable bonds is 3. The molecule has 2 rings (SSSR count). The van der Waals surface area contributed by atoms with E-state index in [0.717, 1.165) is 11.1 Å². The minimum absolute atomic E-state index is 0. The van der Waals surface area contributed by atoms with E-state index in [1.54, 1.807) is 12.1 Å². The quantitative estimate of drug-likeness (QED) is 0.374. The van der Waals surface area contributed by atoms with Crippen LogP contribution in [0.25, 0.3) is 0 Å². The summed E-state index contributed by atoms with van der Waals surface area (Å²) in [5, 5.41) is 12.4. The average molecular weight is 387 g/mol. The van der Waals surface area contributed by atoms with Crippen molar-refractivity contribution >= 4 is 5.71 Å². The summed E-state index contributed by atoms with van der Waals surface area (Å²) in [6, 6.07) is 20.9. The molecule has 0 atom stereocenters. The van der Waals surface area contributed by atoms with Gasteiger partial charge in [0.2, 0.25) is 0 Å². The molecular weight excluding hydrogens is 376 g/mol. The van der Waals surface area contributed by atoms with Gasteiger partial charge in [0.15, 0.2) is 0 Å². The zero-order chi connectivity index (χ0) is 11.2. The molecule has 0 heterocycles. The molecule has 0 unspecified atom stereocenters. The summed E-state index contributed by atoms with van der Waals surface area (Å²) in [7, 11) is 0. The maximum absolute atomic E-state index is 9.01. The minimum atomic E-state index is 0. The third-order valence-corrected chi connectivity index (χ3v) is 2.33. The normalized spacial score (nSPS) is 10.1. The molecule has 0 spiro atoms. The maximum Gasteiger partial charge on any atom is 0.0650 e. The van der Waals surface area contributed by atoms with Crippen LogP contribution in [0.5, 0.6) is 0 Å². The second-order valence-corrected chi connectivity index (χ2v) is 3.42. The summed E-state index contributed by atoms with van der Waals surface area (Å²) in [6.07, 6.45) is 0.606. The zero-order valence-corrected chi connectivity index (χ0v) is 15.6. The molecule has 0 aliphatic carbocycles. The van der Waals surface area contributed by atoms with Gasteiger partial charge >= 0.3 is 0 Å². The zero-order valence-electron chi connectivity index (χ0n) is 9.88. The van der Waals surface area contributed by atoms with Gasteiger partial charge in [-0.2, -0.15) is 66.2 Å². The van der Waals surface area contributed by atoms with E-state index in [-0.39, 0.29) is 65.4 Å². The summed E-state index contributed by atoms with van der Waals surface area (Å²) >= 11 is 0. The van der Waals surface area contributed by atoms with Crippen LogP contribution in [0.3, 0.4) is 0 Å². The predicted octanol–water partition coefficient (Wildman–Crippen LogP) is 2.70. The fraction of sp³-hybridized carbons (Fsp3) is 0.0714. The van der Waals surface area contributed by atoms with Gasteiger partial charge in [-0.1, -0.05) is 5.16 Å². The summed E-state index contributed by atoms with van der Waals surface area (Å²) in [5.74, 6) is 0. The monoisotopic (exact) mass is 387 g/mol. The number of hydrogen-bond donors (Lipinski definition) is 1. The van der Waals surface area contributed by atoms with Crippen molar-refractivity contribution < 1.29 is 70.6 Å². The first-order chi connectivity index (χ1) is 7.90. The minimum Gasteiger partial charge on any atom is -0.411 e. The Balaban J connectivity index is 0.00000144. The van der Waals surface area contributed by atoms with Gasteiger partial charge in [-0.25, -0.2) is 0 Å². The largest absolute Gasteiger partial charge is 0.411 e. The molecule has 0 amide bonds. The number of benzene rings is 2. The molecule has 0 saturated heterocycles. The maximum atomic E-state index is 9.01. The van der Waals surface area contributed by atoms with E-state index in [1.807, 2.05) is 36.4 Å². The molecular formula is C14H11NOY2-2. The fourth-order valence-corrected chi connectivity index (χ4v) is 1.51. The molecule has 2 radical (unpaired) electrons. The molecule has 1 N–H and O–H groups in total. The van der Waals surface area contributed by atoms with Crippen LogP contribution in [0.15, 0.2) is 53.7 Å². The Morgan fingerprint density at radius 2 is 1.44 bits per heavy atom. The molecule has 4 heteroatoms. The van der Waals surface area contributed by atoms with Crippen molar-refractivity contribution in [2.75, 3.05) is 0 Å². The molecule has 2 nitrogen and oxygen atoms in total. The SMILES string of the molecule is O/N=C(/Cc1cc[c-]cc1)c1cc[c-]cc1.[Y].[Y]. The van der Waals surface area contributed by atoms with Crippen molar-refractivity contribution in [2.24, 2.45) is 5.16 Å². The van der Waals surface area contributed by atoms with E-state index in [2.05, 4.69) is 17.3 Å². The molecule has 2 aromatic rings. The van der Waals surface area contributed by atoms with Crippen molar-refractivity contribution in [2.45, 2.75) is 6.42 Å². The Labute approximate surface area is 158 Å². The van der Waals surface area contributed by atoms with Crippen molar-refractivity contribution in [3.05, 3.63) is 71.8 Å². The van der Waals surface area contributed by atoms with Crippen LogP contribution in [0.4, 0.5) is 0 Å². The van der Waals surface area contributed by atoms with Gasteiger partial charge in [0.25, 0.3) is 0 Å². The van der Waals surface area contributed by atoms with E-state index < -0.39 is 0 Å². The Kier molecular flexibility index (Phi) is 10.0. The molecule has 18 heavy (non-hydrogen) atoms. The first-order valence-corrected chi connectivity index (χ1v) is 5.02. The standard InChI is InChI=1S/C14H11NO.2Y/c16-15-14(13-9-5-2-6-10-13)11-12-7-3-1-4-8-12;;/h3-10,16H,11H2;;/q-2;;/b15-14-;;. The van der Waals surface area contributed by atoms with E-state index >= 15 is 0 Å². The fourth-order valence-electron chi connectivity index (χ4n) is 1.51. The molecule has 0 fully saturated rings. The number of oxime groups is 1. The second kappa shape index (κ2) is 9.97. The van der Waals surface area contributed by atoms with Crippen molar-refractivity contribution in [3.63, 3.8) is 0 Å². The first-order valence-electron chi connectivity index (χ1n) is 5.02. The summed E-state index contributed by atoms with van der Waals surface area (Å²) in [4.78, 5) is 0. The van der Waals surface area contributed by atoms with Crippen molar-refractivity contribution in [3.8, 4) is 0 Å². The van der Waals surface area contributed by atoms with Crippen LogP contribution in [0, 0.1) is 12.1 Å². The van der Waals surface area contributed by atoms with Crippen molar-refractivity contribution in [1.29, 1.82) is 0 Å². The number of nitrogens with zero attached hydrogens (tertiary/aromatic N) is 1. The molecule has 0 aliphatic rings. The number of hydrogen-bond acceptors (Lipinski definition) is 2. The topological polar surface area (TPSA) is 32.6 Å². The summed E-state index contributed by atoms with van der Waals surface area (Å²) < 4.78 is 0. The second-order valence-electron chi connectivity index (χ2n) is 3.42. The van der Waals surface area contributed by atoms with E-state index in [0.29, 0.717) is 12.1 Å². The first kappa shape index (κ1) is 18.1. The molecule has 86 valence electrons. The van der Waals surface area contributed by atoms with Crippen molar-refractivity contribution in [1.82, 2.24) is 0 Å². The third-order valence-electron chi connectivity index (χ3n) is 2.33. The summed E-state index contributed by atoms with van der Waals surface area (Å²) in [6.45, 7) is 0. The smallest absolute Gasteiger partial charge is 0.0650 e.